The van der Waals surface area contributed by atoms with E-state index in [1.54, 1.807) is 20.3 Å². The summed E-state index contributed by atoms with van der Waals surface area (Å²) in [5, 5.41) is 1.92. The number of methoxy groups -OCH3 is 3. The van der Waals surface area contributed by atoms with Gasteiger partial charge in [0.15, 0.2) is 16.3 Å². The molecule has 0 radical (unpaired) electrons. The number of hydrogen-bond acceptors (Lipinski definition) is 5. The molecule has 0 spiro atoms. The van der Waals surface area contributed by atoms with Crippen LogP contribution in [-0.2, 0) is 6.54 Å². The maximum atomic E-state index is 13.2. The third kappa shape index (κ3) is 3.74. The van der Waals surface area contributed by atoms with Gasteiger partial charge in [-0.3, -0.25) is 4.79 Å². The highest BCUT2D eigenvalue weighted by Crippen LogP contribution is 2.33. The van der Waals surface area contributed by atoms with E-state index >= 15 is 0 Å². The number of thiazole rings is 1. The molecule has 0 bridgehead atoms. The molecule has 0 unspecified atom stereocenters. The normalized spacial score (nSPS) is 11.5. The zero-order valence-electron chi connectivity index (χ0n) is 17.3. The van der Waals surface area contributed by atoms with E-state index in [4.69, 9.17) is 20.6 Å². The fourth-order valence-electron chi connectivity index (χ4n) is 3.43. The lowest BCUT2D eigenvalue weighted by molar-refractivity contribution is 0.0995. The van der Waals surface area contributed by atoms with Gasteiger partial charge in [-0.05, 0) is 22.9 Å². The minimum atomic E-state index is -0.404. The highest BCUT2D eigenvalue weighted by molar-refractivity contribution is 7.16. The number of terminal acetylenes is 1. The number of aromatic nitrogens is 1. The maximum Gasteiger partial charge on any atom is 0.283 e. The van der Waals surface area contributed by atoms with Gasteiger partial charge in [0.25, 0.3) is 5.91 Å². The molecule has 6 nitrogen and oxygen atoms in total. The highest BCUT2D eigenvalue weighted by Gasteiger charge is 2.16. The van der Waals surface area contributed by atoms with Crippen molar-refractivity contribution in [2.24, 2.45) is 4.99 Å². The van der Waals surface area contributed by atoms with E-state index in [0.29, 0.717) is 27.6 Å². The molecule has 7 heteroatoms. The lowest BCUT2D eigenvalue weighted by Crippen LogP contribution is -2.16. The van der Waals surface area contributed by atoms with E-state index in [9.17, 15) is 4.79 Å². The summed E-state index contributed by atoms with van der Waals surface area (Å²) < 4.78 is 19.0. The molecule has 0 fully saturated rings. The molecular formula is C24H20N2O4S. The number of amides is 1. The van der Waals surface area contributed by atoms with Gasteiger partial charge in [-0.15, -0.1) is 6.42 Å². The van der Waals surface area contributed by atoms with E-state index in [1.807, 2.05) is 47.0 Å². The monoisotopic (exact) mass is 432 g/mol. The molecular weight excluding hydrogens is 412 g/mol. The molecule has 31 heavy (non-hydrogen) atoms. The Hall–Kier alpha value is -3.76. The van der Waals surface area contributed by atoms with Crippen molar-refractivity contribution in [3.63, 3.8) is 0 Å². The first-order valence-corrected chi connectivity index (χ1v) is 10.3. The topological polar surface area (TPSA) is 62.1 Å². The Labute approximate surface area is 183 Å². The van der Waals surface area contributed by atoms with Crippen molar-refractivity contribution in [2.45, 2.75) is 6.54 Å². The standard InChI is InChI=1S/C24H20N2O4S/c1-5-10-26-18-13-20(29-3)21(30-4)14-22(18)31-24(26)25-23(27)17-11-15-8-6-7-9-16(15)12-19(17)28-2/h1,6-9,11-14H,10H2,2-4H3. The minimum absolute atomic E-state index is 0.260. The molecule has 0 atom stereocenters. The second-order valence-electron chi connectivity index (χ2n) is 6.67. The molecule has 0 aliphatic carbocycles. The van der Waals surface area contributed by atoms with Gasteiger partial charge >= 0.3 is 0 Å². The summed E-state index contributed by atoms with van der Waals surface area (Å²) in [7, 11) is 4.69. The van der Waals surface area contributed by atoms with Gasteiger partial charge in [0.2, 0.25) is 0 Å². The van der Waals surface area contributed by atoms with E-state index in [2.05, 4.69) is 10.9 Å². The first kappa shape index (κ1) is 20.5. The average molecular weight is 433 g/mol. The predicted octanol–water partition coefficient (Wildman–Crippen LogP) is 4.26. The molecule has 1 amide bonds. The van der Waals surface area contributed by atoms with Crippen LogP contribution in [0.25, 0.3) is 21.0 Å². The number of rotatable bonds is 5. The quantitative estimate of drug-likeness (QED) is 0.442. The van der Waals surface area contributed by atoms with Crippen LogP contribution >= 0.6 is 11.3 Å². The summed E-state index contributed by atoms with van der Waals surface area (Å²) in [6, 6.07) is 15.1. The first-order valence-electron chi connectivity index (χ1n) is 9.44. The summed E-state index contributed by atoms with van der Waals surface area (Å²) in [5.41, 5.74) is 1.21. The number of benzene rings is 3. The van der Waals surface area contributed by atoms with Gasteiger partial charge in [-0.2, -0.15) is 4.99 Å². The number of hydrogen-bond donors (Lipinski definition) is 0. The Balaban J connectivity index is 1.91. The van der Waals surface area contributed by atoms with Crippen molar-refractivity contribution in [2.75, 3.05) is 21.3 Å². The number of carbonyl (C=O) groups is 1. The fraction of sp³-hybridized carbons (Fsp3) is 0.167. The van der Waals surface area contributed by atoms with Crippen LogP contribution in [0.2, 0.25) is 0 Å². The number of carbonyl (C=O) groups excluding carboxylic acids is 1. The molecule has 156 valence electrons. The molecule has 4 rings (SSSR count). The van der Waals surface area contributed by atoms with Crippen LogP contribution in [0.5, 0.6) is 17.2 Å². The molecule has 0 aliphatic heterocycles. The molecule has 1 heterocycles. The largest absolute Gasteiger partial charge is 0.496 e. The Bertz CT molecular complexity index is 1410. The number of nitrogens with zero attached hydrogens (tertiary/aromatic N) is 2. The smallest absolute Gasteiger partial charge is 0.283 e. The third-order valence-electron chi connectivity index (χ3n) is 4.93. The van der Waals surface area contributed by atoms with Crippen LogP contribution in [0.3, 0.4) is 0 Å². The summed E-state index contributed by atoms with van der Waals surface area (Å²) >= 11 is 1.36. The summed E-state index contributed by atoms with van der Waals surface area (Å²) in [4.78, 5) is 18.0. The first-order chi connectivity index (χ1) is 15.1. The van der Waals surface area contributed by atoms with Crippen molar-refractivity contribution in [3.8, 4) is 29.6 Å². The molecule has 3 aromatic carbocycles. The van der Waals surface area contributed by atoms with E-state index in [1.165, 1.54) is 18.4 Å². The molecule has 0 saturated carbocycles. The van der Waals surface area contributed by atoms with E-state index in [0.717, 1.165) is 21.0 Å². The van der Waals surface area contributed by atoms with Gasteiger partial charge in [-0.1, -0.05) is 41.5 Å². The Morgan fingerprint density at radius 1 is 1.00 bits per heavy atom. The van der Waals surface area contributed by atoms with Gasteiger partial charge in [-0.25, -0.2) is 0 Å². The lowest BCUT2D eigenvalue weighted by atomic mass is 10.1. The third-order valence-corrected chi connectivity index (χ3v) is 5.97. The molecule has 4 aromatic rings. The number of fused-ring (bicyclic) bond motifs is 2. The average Bonchev–Trinajstić information content (AvgIpc) is 3.12. The second kappa shape index (κ2) is 8.54. The lowest BCUT2D eigenvalue weighted by Gasteiger charge is -2.08. The molecule has 0 saturated heterocycles. The summed E-state index contributed by atoms with van der Waals surface area (Å²) in [5.74, 6) is 3.87. The van der Waals surface area contributed by atoms with Crippen LogP contribution in [0.15, 0.2) is 53.5 Å². The van der Waals surface area contributed by atoms with Gasteiger partial charge < -0.3 is 18.8 Å². The van der Waals surface area contributed by atoms with Crippen LogP contribution in [0, 0.1) is 12.3 Å². The maximum absolute atomic E-state index is 13.2. The van der Waals surface area contributed by atoms with Gasteiger partial charge in [0.05, 0.1) is 43.7 Å². The summed E-state index contributed by atoms with van der Waals surface area (Å²) in [6.45, 7) is 0.260. The predicted molar refractivity (Wildman–Crippen MR) is 122 cm³/mol. The van der Waals surface area contributed by atoms with Gasteiger partial charge in [0.1, 0.15) is 5.75 Å². The Morgan fingerprint density at radius 2 is 1.65 bits per heavy atom. The second-order valence-corrected chi connectivity index (χ2v) is 7.68. The highest BCUT2D eigenvalue weighted by atomic mass is 32.1. The van der Waals surface area contributed by atoms with Crippen LogP contribution in [-0.4, -0.2) is 31.8 Å². The van der Waals surface area contributed by atoms with E-state index < -0.39 is 5.91 Å². The van der Waals surface area contributed by atoms with E-state index in [-0.39, 0.29) is 6.54 Å². The minimum Gasteiger partial charge on any atom is -0.496 e. The van der Waals surface area contributed by atoms with Gasteiger partial charge in [0, 0.05) is 12.1 Å². The zero-order chi connectivity index (χ0) is 22.0. The Morgan fingerprint density at radius 3 is 2.29 bits per heavy atom. The fourth-order valence-corrected chi connectivity index (χ4v) is 4.47. The molecule has 1 aromatic heterocycles. The van der Waals surface area contributed by atoms with Crippen molar-refractivity contribution in [1.29, 1.82) is 0 Å². The Kier molecular flexibility index (Phi) is 5.65. The summed E-state index contributed by atoms with van der Waals surface area (Å²) in [6.07, 6.45) is 5.59. The zero-order valence-corrected chi connectivity index (χ0v) is 18.2. The van der Waals surface area contributed by atoms with Crippen molar-refractivity contribution < 1.29 is 19.0 Å². The van der Waals surface area contributed by atoms with Crippen LogP contribution in [0.1, 0.15) is 10.4 Å². The SMILES string of the molecule is C#CCn1c(=NC(=O)c2cc3ccccc3cc2OC)sc2cc(OC)c(OC)cc21. The van der Waals surface area contributed by atoms with Crippen LogP contribution in [0.4, 0.5) is 0 Å². The van der Waals surface area contributed by atoms with Crippen molar-refractivity contribution in [3.05, 3.63) is 58.9 Å². The van der Waals surface area contributed by atoms with Crippen molar-refractivity contribution in [1.82, 2.24) is 4.57 Å². The van der Waals surface area contributed by atoms with Crippen LogP contribution < -0.4 is 19.0 Å². The molecule has 0 N–H and O–H groups in total. The molecule has 0 aliphatic rings. The van der Waals surface area contributed by atoms with Crippen molar-refractivity contribution >= 4 is 38.2 Å². The number of ether oxygens (including phenoxy) is 3.